The summed E-state index contributed by atoms with van der Waals surface area (Å²) in [5.41, 5.74) is 0.945. The number of ether oxygens (including phenoxy) is 4. The lowest BCUT2D eigenvalue weighted by Gasteiger charge is -2.12. The number of carbonyl (C=O) groups excluding carboxylic acids is 2. The van der Waals surface area contributed by atoms with E-state index in [-0.39, 0.29) is 28.6 Å². The largest absolute Gasteiger partial charge is 0.496 e. The number of allylic oxidation sites excluding steroid dienone is 1. The van der Waals surface area contributed by atoms with E-state index >= 15 is 0 Å². The van der Waals surface area contributed by atoms with Crippen LogP contribution in [0, 0.1) is 5.82 Å². The summed E-state index contributed by atoms with van der Waals surface area (Å²) in [6, 6.07) is 15.2. The Kier molecular flexibility index (Phi) is 5.41. The van der Waals surface area contributed by atoms with Gasteiger partial charge in [-0.3, -0.25) is 4.79 Å². The fourth-order valence-corrected chi connectivity index (χ4v) is 3.19. The van der Waals surface area contributed by atoms with Gasteiger partial charge in [-0.1, -0.05) is 18.2 Å². The number of ketones is 1. The Hall–Kier alpha value is -4.13. The van der Waals surface area contributed by atoms with Crippen LogP contribution in [0.2, 0.25) is 0 Å². The van der Waals surface area contributed by atoms with E-state index in [1.165, 1.54) is 56.7 Å². The quantitative estimate of drug-likeness (QED) is 0.339. The summed E-state index contributed by atoms with van der Waals surface area (Å²) in [4.78, 5) is 25.3. The first-order chi connectivity index (χ1) is 15.0. The molecule has 1 aliphatic heterocycles. The van der Waals surface area contributed by atoms with Crippen molar-refractivity contribution in [2.75, 3.05) is 14.2 Å². The lowest BCUT2D eigenvalue weighted by Crippen LogP contribution is -2.12. The van der Waals surface area contributed by atoms with Crippen molar-refractivity contribution in [1.29, 1.82) is 0 Å². The van der Waals surface area contributed by atoms with E-state index in [4.69, 9.17) is 18.9 Å². The van der Waals surface area contributed by atoms with Gasteiger partial charge in [-0.2, -0.15) is 0 Å². The van der Waals surface area contributed by atoms with Crippen molar-refractivity contribution >= 4 is 17.8 Å². The Morgan fingerprint density at radius 2 is 1.68 bits per heavy atom. The number of esters is 1. The first kappa shape index (κ1) is 20.2. The van der Waals surface area contributed by atoms with Crippen molar-refractivity contribution in [1.82, 2.24) is 0 Å². The van der Waals surface area contributed by atoms with E-state index in [0.29, 0.717) is 22.6 Å². The second-order valence-corrected chi connectivity index (χ2v) is 6.58. The molecule has 0 aliphatic carbocycles. The van der Waals surface area contributed by atoms with Crippen LogP contribution in [-0.4, -0.2) is 26.0 Å². The Balaban J connectivity index is 1.59. The van der Waals surface area contributed by atoms with Crippen LogP contribution in [0.4, 0.5) is 4.39 Å². The van der Waals surface area contributed by atoms with Crippen molar-refractivity contribution in [3.8, 4) is 23.0 Å². The van der Waals surface area contributed by atoms with E-state index in [1.807, 2.05) is 0 Å². The molecule has 0 amide bonds. The first-order valence-corrected chi connectivity index (χ1v) is 9.27. The number of methoxy groups -OCH3 is 2. The summed E-state index contributed by atoms with van der Waals surface area (Å²) in [5.74, 6) is -0.373. The Morgan fingerprint density at radius 3 is 2.35 bits per heavy atom. The Labute approximate surface area is 177 Å². The van der Waals surface area contributed by atoms with Gasteiger partial charge >= 0.3 is 5.97 Å². The maximum atomic E-state index is 13.4. The molecule has 4 rings (SSSR count). The maximum absolute atomic E-state index is 13.4. The summed E-state index contributed by atoms with van der Waals surface area (Å²) in [6.07, 6.45) is 1.46. The molecular formula is C24H17FO6. The highest BCUT2D eigenvalue weighted by Gasteiger charge is 2.28. The molecular weight excluding hydrogens is 403 g/mol. The minimum atomic E-state index is -0.686. The van der Waals surface area contributed by atoms with Crippen LogP contribution in [0.15, 0.2) is 66.4 Å². The highest BCUT2D eigenvalue weighted by Crippen LogP contribution is 2.36. The van der Waals surface area contributed by atoms with Crippen LogP contribution in [0.1, 0.15) is 26.3 Å². The van der Waals surface area contributed by atoms with Crippen LogP contribution in [0.25, 0.3) is 6.08 Å². The third-order valence-electron chi connectivity index (χ3n) is 4.63. The third-order valence-corrected chi connectivity index (χ3v) is 4.63. The molecule has 0 saturated heterocycles. The van der Waals surface area contributed by atoms with Crippen molar-refractivity contribution < 1.29 is 32.9 Å². The molecule has 1 heterocycles. The first-order valence-electron chi connectivity index (χ1n) is 9.27. The fourth-order valence-electron chi connectivity index (χ4n) is 3.19. The van der Waals surface area contributed by atoms with Crippen molar-refractivity contribution in [2.24, 2.45) is 0 Å². The average Bonchev–Trinajstić information content (AvgIpc) is 3.07. The second-order valence-electron chi connectivity index (χ2n) is 6.58. The zero-order valence-electron chi connectivity index (χ0n) is 16.7. The predicted molar refractivity (Wildman–Crippen MR) is 110 cm³/mol. The molecule has 0 fully saturated rings. The molecule has 0 atom stereocenters. The molecule has 0 N–H and O–H groups in total. The van der Waals surface area contributed by atoms with Gasteiger partial charge in [-0.15, -0.1) is 0 Å². The van der Waals surface area contributed by atoms with E-state index in [2.05, 4.69) is 0 Å². The van der Waals surface area contributed by atoms with E-state index in [1.54, 1.807) is 24.3 Å². The smallest absolute Gasteiger partial charge is 0.351 e. The highest BCUT2D eigenvalue weighted by molar-refractivity contribution is 6.14. The summed E-state index contributed by atoms with van der Waals surface area (Å²) in [6.45, 7) is 0. The Bertz CT molecular complexity index is 1190. The van der Waals surface area contributed by atoms with Crippen LogP contribution in [0.5, 0.6) is 23.0 Å². The monoisotopic (exact) mass is 420 g/mol. The average molecular weight is 420 g/mol. The maximum Gasteiger partial charge on any atom is 0.351 e. The van der Waals surface area contributed by atoms with Gasteiger partial charge in [0.25, 0.3) is 0 Å². The number of hydrogen-bond donors (Lipinski definition) is 0. The molecule has 0 radical (unpaired) electrons. The predicted octanol–water partition coefficient (Wildman–Crippen LogP) is 4.68. The van der Waals surface area contributed by atoms with Crippen LogP contribution in [0.3, 0.4) is 0 Å². The lowest BCUT2D eigenvalue weighted by molar-refractivity contribution is 0.0727. The zero-order chi connectivity index (χ0) is 22.0. The van der Waals surface area contributed by atoms with Crippen molar-refractivity contribution in [3.05, 3.63) is 88.9 Å². The second kappa shape index (κ2) is 8.31. The number of benzene rings is 3. The molecule has 3 aromatic rings. The van der Waals surface area contributed by atoms with Gasteiger partial charge in [0.15, 0.2) is 5.76 Å². The molecule has 3 aromatic carbocycles. The van der Waals surface area contributed by atoms with Crippen molar-refractivity contribution in [3.63, 3.8) is 0 Å². The number of hydrogen-bond acceptors (Lipinski definition) is 6. The number of Topliss-reactive ketones (excluding diaryl/α,β-unsaturated/α-hetero) is 1. The minimum absolute atomic E-state index is 0.0514. The van der Waals surface area contributed by atoms with Crippen LogP contribution < -0.4 is 18.9 Å². The number of rotatable bonds is 5. The van der Waals surface area contributed by atoms with Crippen LogP contribution >= 0.6 is 0 Å². The molecule has 156 valence electrons. The van der Waals surface area contributed by atoms with E-state index in [9.17, 15) is 14.0 Å². The van der Waals surface area contributed by atoms with Gasteiger partial charge < -0.3 is 18.9 Å². The van der Waals surface area contributed by atoms with Gasteiger partial charge in [0.2, 0.25) is 5.78 Å². The standard InChI is InChI=1S/C24H17FO6/c1-28-18-7-4-8-19(29-2)22(18)24(27)30-16-9-10-17-20(13-16)31-21(23(17)26)12-14-5-3-6-15(25)11-14/h3-13H,1-2H3/b21-12-. The van der Waals surface area contributed by atoms with Crippen LogP contribution in [-0.2, 0) is 0 Å². The molecule has 0 spiro atoms. The number of fused-ring (bicyclic) bond motifs is 1. The van der Waals surface area contributed by atoms with E-state index < -0.39 is 11.8 Å². The molecule has 31 heavy (non-hydrogen) atoms. The summed E-state index contributed by atoms with van der Waals surface area (Å²) in [7, 11) is 2.87. The number of carbonyl (C=O) groups is 2. The normalized spacial score (nSPS) is 13.5. The summed E-state index contributed by atoms with van der Waals surface area (Å²) >= 11 is 0. The molecule has 1 aliphatic rings. The molecule has 7 heteroatoms. The van der Waals surface area contributed by atoms with Gasteiger partial charge in [0.05, 0.1) is 19.8 Å². The third kappa shape index (κ3) is 3.98. The van der Waals surface area contributed by atoms with Gasteiger partial charge in [0.1, 0.15) is 34.4 Å². The summed E-state index contributed by atoms with van der Waals surface area (Å²) < 4.78 is 34.9. The highest BCUT2D eigenvalue weighted by atomic mass is 19.1. The minimum Gasteiger partial charge on any atom is -0.496 e. The fraction of sp³-hybridized carbons (Fsp3) is 0.0833. The van der Waals surface area contributed by atoms with Gasteiger partial charge in [-0.05, 0) is 48.0 Å². The molecule has 0 aromatic heterocycles. The zero-order valence-corrected chi connectivity index (χ0v) is 16.7. The molecule has 0 bridgehead atoms. The van der Waals surface area contributed by atoms with Crippen molar-refractivity contribution in [2.45, 2.75) is 0 Å². The molecule has 0 saturated carbocycles. The van der Waals surface area contributed by atoms with Gasteiger partial charge in [-0.25, -0.2) is 9.18 Å². The van der Waals surface area contributed by atoms with E-state index in [0.717, 1.165) is 0 Å². The lowest BCUT2D eigenvalue weighted by atomic mass is 10.1. The van der Waals surface area contributed by atoms with Gasteiger partial charge in [0, 0.05) is 6.07 Å². The molecule has 6 nitrogen and oxygen atoms in total. The summed E-state index contributed by atoms with van der Waals surface area (Å²) in [5, 5.41) is 0. The Morgan fingerprint density at radius 1 is 0.968 bits per heavy atom. The SMILES string of the molecule is COc1cccc(OC)c1C(=O)Oc1ccc2c(c1)O/C(=C\c1cccc(F)c1)C2=O. The topological polar surface area (TPSA) is 71.1 Å². The number of halogens is 1. The molecule has 0 unspecified atom stereocenters.